The molecule has 2 aliphatic carbocycles. The van der Waals surface area contributed by atoms with E-state index in [-0.39, 0.29) is 0 Å². The molecule has 4 unspecified atom stereocenters. The second-order valence-electron chi connectivity index (χ2n) is 9.56. The van der Waals surface area contributed by atoms with Crippen LogP contribution in [0.15, 0.2) is 48.5 Å². The molecule has 0 aromatic heterocycles. The Morgan fingerprint density at radius 1 is 0.778 bits per heavy atom. The fraction of sp³-hybridized carbons (Fsp3) is 0.556. The van der Waals surface area contributed by atoms with Gasteiger partial charge in [-0.1, -0.05) is 83.1 Å². The first-order chi connectivity index (χ1) is 13.0. The minimum atomic E-state index is 0.347. The van der Waals surface area contributed by atoms with Crippen LogP contribution in [0, 0.1) is 5.92 Å². The van der Waals surface area contributed by atoms with E-state index in [2.05, 4.69) is 83.1 Å². The molecule has 144 valence electrons. The highest BCUT2D eigenvalue weighted by molar-refractivity contribution is 5.46. The van der Waals surface area contributed by atoms with Crippen LogP contribution in [-0.2, 0) is 10.8 Å². The molecule has 0 N–H and O–H groups in total. The second-order valence-corrected chi connectivity index (χ2v) is 9.56. The maximum absolute atomic E-state index is 2.55. The average molecular weight is 361 g/mol. The summed E-state index contributed by atoms with van der Waals surface area (Å²) in [5.74, 6) is 2.08. The Morgan fingerprint density at radius 3 is 1.89 bits per heavy atom. The fourth-order valence-electron chi connectivity index (χ4n) is 6.49. The van der Waals surface area contributed by atoms with E-state index in [9.17, 15) is 0 Å². The Bertz CT molecular complexity index is 812. The Kier molecular flexibility index (Phi) is 4.73. The van der Waals surface area contributed by atoms with Crippen LogP contribution in [0.4, 0.5) is 0 Å². The van der Waals surface area contributed by atoms with Crippen LogP contribution in [0.2, 0.25) is 0 Å². The van der Waals surface area contributed by atoms with Crippen LogP contribution in [0.3, 0.4) is 0 Å². The van der Waals surface area contributed by atoms with Crippen LogP contribution in [0.25, 0.3) is 0 Å². The van der Waals surface area contributed by atoms with Gasteiger partial charge in [0, 0.05) is 0 Å². The van der Waals surface area contributed by atoms with Gasteiger partial charge >= 0.3 is 0 Å². The van der Waals surface area contributed by atoms with Crippen LogP contribution in [-0.4, -0.2) is 0 Å². The summed E-state index contributed by atoms with van der Waals surface area (Å²) in [4.78, 5) is 0. The molecular weight excluding hydrogens is 324 g/mol. The molecule has 2 aliphatic rings. The third kappa shape index (κ3) is 2.71. The van der Waals surface area contributed by atoms with Crippen molar-refractivity contribution in [2.75, 3.05) is 0 Å². The maximum Gasteiger partial charge on any atom is -0.00435 e. The monoisotopic (exact) mass is 360 g/mol. The number of hydrogen-bond acceptors (Lipinski definition) is 0. The molecule has 0 aliphatic heterocycles. The number of rotatable bonds is 5. The van der Waals surface area contributed by atoms with E-state index < -0.39 is 0 Å². The number of fused-ring (bicyclic) bond motifs is 2. The van der Waals surface area contributed by atoms with Crippen LogP contribution < -0.4 is 0 Å². The zero-order chi connectivity index (χ0) is 19.2. The molecule has 0 spiro atoms. The lowest BCUT2D eigenvalue weighted by molar-refractivity contribution is 0.284. The summed E-state index contributed by atoms with van der Waals surface area (Å²) in [5, 5.41) is 0. The topological polar surface area (TPSA) is 0 Å². The highest BCUT2D eigenvalue weighted by Crippen LogP contribution is 2.58. The van der Waals surface area contributed by atoms with Crippen LogP contribution in [0.5, 0.6) is 0 Å². The number of hydrogen-bond donors (Lipinski definition) is 0. The van der Waals surface area contributed by atoms with Crippen molar-refractivity contribution in [2.24, 2.45) is 5.92 Å². The molecule has 0 saturated carbocycles. The van der Waals surface area contributed by atoms with E-state index >= 15 is 0 Å². The van der Waals surface area contributed by atoms with Crippen molar-refractivity contribution >= 4 is 0 Å². The fourth-order valence-corrected chi connectivity index (χ4v) is 6.49. The maximum atomic E-state index is 2.55. The molecule has 2 aromatic rings. The van der Waals surface area contributed by atoms with Gasteiger partial charge in [0.2, 0.25) is 0 Å². The summed E-state index contributed by atoms with van der Waals surface area (Å²) in [6, 6.07) is 18.7. The number of benzene rings is 2. The summed E-state index contributed by atoms with van der Waals surface area (Å²) in [7, 11) is 0. The van der Waals surface area contributed by atoms with Gasteiger partial charge in [-0.3, -0.25) is 0 Å². The van der Waals surface area contributed by atoms with Gasteiger partial charge in [0.25, 0.3) is 0 Å². The van der Waals surface area contributed by atoms with Gasteiger partial charge in [-0.25, -0.2) is 0 Å². The van der Waals surface area contributed by atoms with E-state index in [4.69, 9.17) is 0 Å². The van der Waals surface area contributed by atoms with Crippen molar-refractivity contribution in [1.82, 2.24) is 0 Å². The van der Waals surface area contributed by atoms with Crippen molar-refractivity contribution in [1.29, 1.82) is 0 Å². The third-order valence-electron chi connectivity index (χ3n) is 8.63. The predicted molar refractivity (Wildman–Crippen MR) is 117 cm³/mol. The summed E-state index contributed by atoms with van der Waals surface area (Å²) < 4.78 is 0. The molecule has 0 bridgehead atoms. The summed E-state index contributed by atoms with van der Waals surface area (Å²) in [5.41, 5.74) is 7.29. The minimum absolute atomic E-state index is 0.347. The van der Waals surface area contributed by atoms with Gasteiger partial charge in [0.05, 0.1) is 0 Å². The van der Waals surface area contributed by atoms with Crippen LogP contribution in [0.1, 0.15) is 101 Å². The van der Waals surface area contributed by atoms with Gasteiger partial charge in [0.1, 0.15) is 0 Å². The molecule has 0 radical (unpaired) electrons. The van der Waals surface area contributed by atoms with Gasteiger partial charge in [-0.15, -0.1) is 0 Å². The first-order valence-electron chi connectivity index (χ1n) is 11.2. The normalized spacial score (nSPS) is 29.4. The zero-order valence-electron chi connectivity index (χ0n) is 17.9. The molecule has 4 rings (SSSR count). The average Bonchev–Trinajstić information content (AvgIpc) is 3.22. The van der Waals surface area contributed by atoms with E-state index in [1.165, 1.54) is 32.1 Å². The molecule has 0 amide bonds. The molecule has 0 saturated heterocycles. The Labute approximate surface area is 166 Å². The van der Waals surface area contributed by atoms with Gasteiger partial charge in [-0.2, -0.15) is 0 Å². The molecule has 0 nitrogen and oxygen atoms in total. The van der Waals surface area contributed by atoms with E-state index in [0.29, 0.717) is 28.6 Å². The molecule has 0 fully saturated rings. The van der Waals surface area contributed by atoms with Crippen molar-refractivity contribution in [3.8, 4) is 0 Å². The van der Waals surface area contributed by atoms with Gasteiger partial charge in [0.15, 0.2) is 0 Å². The van der Waals surface area contributed by atoms with Gasteiger partial charge < -0.3 is 0 Å². The largest absolute Gasteiger partial charge is 0.0645 e. The zero-order valence-corrected chi connectivity index (χ0v) is 17.9. The molecule has 27 heavy (non-hydrogen) atoms. The standard InChI is InChI=1S/C27H36/c1-6-26(5)17-22(20-13-9-11-15-24(20)26)19(4)23-18-27(7-2,8-3)25-16-12-10-14-21(23)25/h9-16,19,22-23H,6-8,17-18H2,1-5H3. The molecular formula is C27H36. The van der Waals surface area contributed by atoms with Gasteiger partial charge in [-0.05, 0) is 82.9 Å². The SMILES string of the molecule is CCC1(C)CC(C(C)C2CC(CC)(CC)c3ccccc32)c2ccccc21. The van der Waals surface area contributed by atoms with E-state index in [1.807, 2.05) is 0 Å². The Hall–Kier alpha value is -1.56. The molecule has 2 aromatic carbocycles. The lowest BCUT2D eigenvalue weighted by atomic mass is 9.72. The van der Waals surface area contributed by atoms with Crippen molar-refractivity contribution < 1.29 is 0 Å². The molecule has 4 atom stereocenters. The minimum Gasteiger partial charge on any atom is -0.0645 e. The van der Waals surface area contributed by atoms with Crippen LogP contribution >= 0.6 is 0 Å². The predicted octanol–water partition coefficient (Wildman–Crippen LogP) is 7.72. The lowest BCUT2D eigenvalue weighted by Gasteiger charge is -2.32. The first-order valence-corrected chi connectivity index (χ1v) is 11.2. The molecule has 0 heterocycles. The van der Waals surface area contributed by atoms with E-state index in [1.54, 1.807) is 22.3 Å². The summed E-state index contributed by atoms with van der Waals surface area (Å²) in [6.07, 6.45) is 6.41. The van der Waals surface area contributed by atoms with Crippen molar-refractivity contribution in [3.63, 3.8) is 0 Å². The third-order valence-corrected chi connectivity index (χ3v) is 8.63. The molecule has 0 heteroatoms. The lowest BCUT2D eigenvalue weighted by Crippen LogP contribution is -2.23. The Morgan fingerprint density at radius 2 is 1.30 bits per heavy atom. The van der Waals surface area contributed by atoms with Crippen molar-refractivity contribution in [2.45, 2.75) is 89.4 Å². The summed E-state index contributed by atoms with van der Waals surface area (Å²) in [6.45, 7) is 12.2. The highest BCUT2D eigenvalue weighted by Gasteiger charge is 2.47. The highest BCUT2D eigenvalue weighted by atomic mass is 14.5. The quantitative estimate of drug-likeness (QED) is 0.512. The smallest absolute Gasteiger partial charge is 0.00435 e. The van der Waals surface area contributed by atoms with E-state index in [0.717, 1.165) is 0 Å². The van der Waals surface area contributed by atoms with Crippen molar-refractivity contribution in [3.05, 3.63) is 70.8 Å². The summed E-state index contributed by atoms with van der Waals surface area (Å²) >= 11 is 0. The second kappa shape index (κ2) is 6.80. The Balaban J connectivity index is 1.74. The first kappa shape index (κ1) is 18.8.